The summed E-state index contributed by atoms with van der Waals surface area (Å²) in [5.41, 5.74) is 3.88. The number of anilines is 1. The minimum atomic E-state index is 0.0892. The highest BCUT2D eigenvalue weighted by Gasteiger charge is 2.09. The Kier molecular flexibility index (Phi) is 3.71. The van der Waals surface area contributed by atoms with Crippen LogP contribution in [0.15, 0.2) is 48.8 Å². The molecule has 0 spiro atoms. The number of benzene rings is 2. The molecule has 108 valence electrons. The molecule has 1 atom stereocenters. The minimum absolute atomic E-state index is 0.0892. The lowest BCUT2D eigenvalue weighted by atomic mass is 10.1. The number of aryl methyl sites for hydroxylation is 1. The van der Waals surface area contributed by atoms with E-state index >= 15 is 0 Å². The molecular formula is C18H16N4. The largest absolute Gasteiger partial charge is 0.363 e. The van der Waals surface area contributed by atoms with Gasteiger partial charge < -0.3 is 5.32 Å². The third kappa shape index (κ3) is 2.75. The molecule has 4 nitrogen and oxygen atoms in total. The number of fused-ring (bicyclic) bond motifs is 1. The van der Waals surface area contributed by atoms with Crippen LogP contribution in [0.3, 0.4) is 0 Å². The van der Waals surface area contributed by atoms with Gasteiger partial charge in [0.2, 0.25) is 0 Å². The first-order valence-electron chi connectivity index (χ1n) is 7.15. The van der Waals surface area contributed by atoms with Gasteiger partial charge in [-0.05, 0) is 43.7 Å². The third-order valence-electron chi connectivity index (χ3n) is 3.68. The molecule has 1 aromatic heterocycles. The van der Waals surface area contributed by atoms with Crippen molar-refractivity contribution >= 4 is 16.7 Å². The molecule has 1 heterocycles. The van der Waals surface area contributed by atoms with Crippen molar-refractivity contribution in [1.29, 1.82) is 5.26 Å². The van der Waals surface area contributed by atoms with E-state index in [2.05, 4.69) is 41.3 Å². The molecule has 0 aliphatic rings. The van der Waals surface area contributed by atoms with Gasteiger partial charge in [-0.1, -0.05) is 23.8 Å². The molecule has 0 saturated heterocycles. The number of aromatic nitrogens is 2. The Morgan fingerprint density at radius 3 is 2.59 bits per heavy atom. The van der Waals surface area contributed by atoms with E-state index in [9.17, 15) is 0 Å². The van der Waals surface area contributed by atoms with Crippen molar-refractivity contribution in [2.75, 3.05) is 5.32 Å². The average molecular weight is 288 g/mol. The normalized spacial score (nSPS) is 11.9. The van der Waals surface area contributed by atoms with E-state index in [4.69, 9.17) is 5.26 Å². The van der Waals surface area contributed by atoms with E-state index in [1.165, 1.54) is 5.56 Å². The predicted octanol–water partition coefficient (Wildman–Crippen LogP) is 3.98. The zero-order chi connectivity index (χ0) is 15.5. The van der Waals surface area contributed by atoms with Crippen molar-refractivity contribution in [3.8, 4) is 6.07 Å². The van der Waals surface area contributed by atoms with E-state index in [-0.39, 0.29) is 6.04 Å². The zero-order valence-corrected chi connectivity index (χ0v) is 12.5. The van der Waals surface area contributed by atoms with Crippen LogP contribution in [0.2, 0.25) is 0 Å². The average Bonchev–Trinajstić information content (AvgIpc) is 2.55. The summed E-state index contributed by atoms with van der Waals surface area (Å²) in [7, 11) is 0. The summed E-state index contributed by atoms with van der Waals surface area (Å²) >= 11 is 0. The van der Waals surface area contributed by atoms with Gasteiger partial charge >= 0.3 is 0 Å². The molecule has 0 radical (unpaired) electrons. The zero-order valence-electron chi connectivity index (χ0n) is 12.5. The number of nitrogens with one attached hydrogen (secondary N) is 1. The van der Waals surface area contributed by atoms with E-state index in [1.807, 2.05) is 36.4 Å². The van der Waals surface area contributed by atoms with E-state index in [1.54, 1.807) is 6.33 Å². The first-order chi connectivity index (χ1) is 10.7. The molecular weight excluding hydrogens is 272 g/mol. The monoisotopic (exact) mass is 288 g/mol. The van der Waals surface area contributed by atoms with Gasteiger partial charge in [-0.2, -0.15) is 5.26 Å². The van der Waals surface area contributed by atoms with Crippen LogP contribution in [-0.4, -0.2) is 9.97 Å². The van der Waals surface area contributed by atoms with E-state index in [0.29, 0.717) is 5.56 Å². The molecule has 0 aliphatic heterocycles. The van der Waals surface area contributed by atoms with Gasteiger partial charge in [0.05, 0.1) is 17.1 Å². The van der Waals surface area contributed by atoms with Crippen molar-refractivity contribution in [3.63, 3.8) is 0 Å². The lowest BCUT2D eigenvalue weighted by molar-refractivity contribution is 0.875. The Morgan fingerprint density at radius 1 is 1.09 bits per heavy atom. The number of rotatable bonds is 3. The van der Waals surface area contributed by atoms with Crippen LogP contribution in [0.25, 0.3) is 10.9 Å². The number of hydrogen-bond donors (Lipinski definition) is 1. The van der Waals surface area contributed by atoms with E-state index < -0.39 is 0 Å². The number of nitriles is 1. The van der Waals surface area contributed by atoms with Gasteiger partial charge in [-0.15, -0.1) is 0 Å². The van der Waals surface area contributed by atoms with Crippen molar-refractivity contribution in [2.45, 2.75) is 19.9 Å². The summed E-state index contributed by atoms with van der Waals surface area (Å²) in [6.07, 6.45) is 1.57. The molecule has 0 unspecified atom stereocenters. The van der Waals surface area contributed by atoms with Gasteiger partial charge in [0.1, 0.15) is 12.1 Å². The molecule has 3 aromatic rings. The quantitative estimate of drug-likeness (QED) is 0.791. The Morgan fingerprint density at radius 2 is 1.86 bits per heavy atom. The molecule has 0 saturated carbocycles. The Hall–Kier alpha value is -2.93. The van der Waals surface area contributed by atoms with Crippen molar-refractivity contribution in [2.24, 2.45) is 0 Å². The molecule has 1 N–H and O–H groups in total. The Balaban J connectivity index is 1.92. The molecule has 4 heteroatoms. The topological polar surface area (TPSA) is 61.6 Å². The molecule has 0 fully saturated rings. The predicted molar refractivity (Wildman–Crippen MR) is 87.5 cm³/mol. The molecule has 0 bridgehead atoms. The van der Waals surface area contributed by atoms with Crippen LogP contribution >= 0.6 is 0 Å². The fourth-order valence-corrected chi connectivity index (χ4v) is 2.42. The fraction of sp³-hybridized carbons (Fsp3) is 0.167. The Labute approximate surface area is 129 Å². The molecule has 0 aliphatic carbocycles. The lowest BCUT2D eigenvalue weighted by Gasteiger charge is -2.16. The van der Waals surface area contributed by atoms with Crippen molar-refractivity contribution in [1.82, 2.24) is 9.97 Å². The fourth-order valence-electron chi connectivity index (χ4n) is 2.42. The van der Waals surface area contributed by atoms with Gasteiger partial charge in [0.15, 0.2) is 0 Å². The second-order valence-corrected chi connectivity index (χ2v) is 5.34. The van der Waals surface area contributed by atoms with Crippen LogP contribution in [0, 0.1) is 18.3 Å². The van der Waals surface area contributed by atoms with Crippen LogP contribution in [-0.2, 0) is 0 Å². The second-order valence-electron chi connectivity index (χ2n) is 5.34. The Bertz CT molecular complexity index is 847. The van der Waals surface area contributed by atoms with Crippen LogP contribution < -0.4 is 5.32 Å². The van der Waals surface area contributed by atoms with Crippen LogP contribution in [0.4, 0.5) is 5.82 Å². The SMILES string of the molecule is Cc1ccc2ncnc(N[C@H](C)c3ccc(C#N)cc3)c2c1. The number of hydrogen-bond acceptors (Lipinski definition) is 4. The summed E-state index contributed by atoms with van der Waals surface area (Å²) in [5.74, 6) is 0.825. The molecule has 2 aromatic carbocycles. The number of nitrogens with zero attached hydrogens (tertiary/aromatic N) is 3. The maximum atomic E-state index is 8.86. The van der Waals surface area contributed by atoms with Crippen molar-refractivity contribution < 1.29 is 0 Å². The van der Waals surface area contributed by atoms with Gasteiger partial charge in [-0.25, -0.2) is 9.97 Å². The molecule has 22 heavy (non-hydrogen) atoms. The smallest absolute Gasteiger partial charge is 0.137 e. The van der Waals surface area contributed by atoms with Crippen LogP contribution in [0.1, 0.15) is 29.7 Å². The highest BCUT2D eigenvalue weighted by molar-refractivity contribution is 5.89. The van der Waals surface area contributed by atoms with Gasteiger partial charge in [-0.3, -0.25) is 0 Å². The maximum Gasteiger partial charge on any atom is 0.137 e. The summed E-state index contributed by atoms with van der Waals surface area (Å²) in [6.45, 7) is 4.13. The van der Waals surface area contributed by atoms with E-state index in [0.717, 1.165) is 22.3 Å². The van der Waals surface area contributed by atoms with Gasteiger partial charge in [0, 0.05) is 11.4 Å². The third-order valence-corrected chi connectivity index (χ3v) is 3.68. The molecule has 0 amide bonds. The summed E-state index contributed by atoms with van der Waals surface area (Å²) in [6, 6.07) is 15.9. The highest BCUT2D eigenvalue weighted by Crippen LogP contribution is 2.24. The first-order valence-corrected chi connectivity index (χ1v) is 7.15. The summed E-state index contributed by atoms with van der Waals surface area (Å²) in [5, 5.41) is 13.3. The standard InChI is InChI=1S/C18H16N4/c1-12-3-8-17-16(9-12)18(21-11-20-17)22-13(2)15-6-4-14(10-19)5-7-15/h3-9,11,13H,1-2H3,(H,20,21,22)/t13-/m1/s1. The summed E-state index contributed by atoms with van der Waals surface area (Å²) < 4.78 is 0. The molecule has 3 rings (SSSR count). The second kappa shape index (κ2) is 5.82. The lowest BCUT2D eigenvalue weighted by Crippen LogP contribution is -2.08. The van der Waals surface area contributed by atoms with Crippen molar-refractivity contribution in [3.05, 3.63) is 65.5 Å². The first kappa shape index (κ1) is 14.0. The summed E-state index contributed by atoms with van der Waals surface area (Å²) in [4.78, 5) is 8.67. The maximum absolute atomic E-state index is 8.86. The van der Waals surface area contributed by atoms with Crippen LogP contribution in [0.5, 0.6) is 0 Å². The highest BCUT2D eigenvalue weighted by atomic mass is 15.0. The van der Waals surface area contributed by atoms with Gasteiger partial charge in [0.25, 0.3) is 0 Å². The minimum Gasteiger partial charge on any atom is -0.363 e.